The predicted octanol–water partition coefficient (Wildman–Crippen LogP) is 3.35. The molecule has 2 heterocycles. The average Bonchev–Trinajstić information content (AvgIpc) is 2.83. The van der Waals surface area contributed by atoms with Gasteiger partial charge in [-0.25, -0.2) is 4.98 Å². The summed E-state index contributed by atoms with van der Waals surface area (Å²) < 4.78 is 21.6. The van der Waals surface area contributed by atoms with E-state index in [2.05, 4.69) is 10.2 Å². The number of morpholine rings is 1. The third kappa shape index (κ3) is 4.20. The zero-order valence-electron chi connectivity index (χ0n) is 17.8. The van der Waals surface area contributed by atoms with E-state index in [9.17, 15) is 4.79 Å². The van der Waals surface area contributed by atoms with Gasteiger partial charge >= 0.3 is 0 Å². The Morgan fingerprint density at radius 1 is 1.00 bits per heavy atom. The van der Waals surface area contributed by atoms with Gasteiger partial charge in [0.2, 0.25) is 5.75 Å². The molecular weight excluding hydrogens is 398 g/mol. The van der Waals surface area contributed by atoms with Crippen LogP contribution in [0.4, 0.5) is 11.5 Å². The number of hydrogen-bond acceptors (Lipinski definition) is 7. The van der Waals surface area contributed by atoms with Crippen LogP contribution in [-0.4, -0.2) is 58.5 Å². The molecule has 1 fully saturated rings. The van der Waals surface area contributed by atoms with Crippen LogP contribution in [-0.2, 0) is 4.74 Å². The molecule has 0 radical (unpaired) electrons. The van der Waals surface area contributed by atoms with Gasteiger partial charge in [0, 0.05) is 36.3 Å². The fourth-order valence-corrected chi connectivity index (χ4v) is 3.66. The smallest absolute Gasteiger partial charge is 0.256 e. The summed E-state index contributed by atoms with van der Waals surface area (Å²) in [5, 5.41) is 3.74. The lowest BCUT2D eigenvalue weighted by Crippen LogP contribution is -2.37. The molecule has 1 N–H and O–H groups in total. The van der Waals surface area contributed by atoms with Gasteiger partial charge in [-0.15, -0.1) is 0 Å². The molecule has 3 aromatic rings. The Kier molecular flexibility index (Phi) is 6.08. The standard InChI is InChI=1S/C23H25N3O5/c1-28-19-12-15(13-20(29-2)22(19)30-3)24-23(27)17-14-21(26-8-10-31-11-9-26)25-18-7-5-4-6-16(17)18/h4-7,12-14H,8-11H2,1-3H3,(H,24,27). The van der Waals surface area contributed by atoms with Crippen molar-refractivity contribution in [2.45, 2.75) is 0 Å². The van der Waals surface area contributed by atoms with Gasteiger partial charge in [0.05, 0.1) is 45.6 Å². The molecule has 0 spiro atoms. The first-order valence-corrected chi connectivity index (χ1v) is 9.98. The minimum absolute atomic E-state index is 0.248. The van der Waals surface area contributed by atoms with E-state index in [1.165, 1.54) is 21.3 Å². The number of hydrogen-bond donors (Lipinski definition) is 1. The lowest BCUT2D eigenvalue weighted by molar-refractivity contribution is 0.102. The fourth-order valence-electron chi connectivity index (χ4n) is 3.66. The molecule has 4 rings (SSSR count). The van der Waals surface area contributed by atoms with Crippen molar-refractivity contribution in [3.05, 3.63) is 48.0 Å². The van der Waals surface area contributed by atoms with Crippen LogP contribution in [0.15, 0.2) is 42.5 Å². The van der Waals surface area contributed by atoms with E-state index >= 15 is 0 Å². The second-order valence-corrected chi connectivity index (χ2v) is 7.01. The highest BCUT2D eigenvalue weighted by molar-refractivity contribution is 6.13. The number of carbonyl (C=O) groups excluding carboxylic acids is 1. The first kappa shape index (κ1) is 20.7. The monoisotopic (exact) mass is 423 g/mol. The maximum Gasteiger partial charge on any atom is 0.256 e. The van der Waals surface area contributed by atoms with Gasteiger partial charge in [0.25, 0.3) is 5.91 Å². The molecule has 8 nitrogen and oxygen atoms in total. The van der Waals surface area contributed by atoms with Crippen LogP contribution in [0.3, 0.4) is 0 Å². The molecule has 1 amide bonds. The number of pyridine rings is 1. The molecule has 0 saturated carbocycles. The molecule has 31 heavy (non-hydrogen) atoms. The number of fused-ring (bicyclic) bond motifs is 1. The summed E-state index contributed by atoms with van der Waals surface area (Å²) >= 11 is 0. The second kappa shape index (κ2) is 9.09. The van der Waals surface area contributed by atoms with Crippen LogP contribution in [0.5, 0.6) is 17.2 Å². The summed E-state index contributed by atoms with van der Waals surface area (Å²) in [7, 11) is 4.61. The van der Waals surface area contributed by atoms with Gasteiger partial charge < -0.3 is 29.2 Å². The van der Waals surface area contributed by atoms with Crippen molar-refractivity contribution in [3.63, 3.8) is 0 Å². The lowest BCUT2D eigenvalue weighted by atomic mass is 10.1. The molecule has 1 aromatic heterocycles. The molecule has 2 aromatic carbocycles. The molecule has 0 unspecified atom stereocenters. The Hall–Kier alpha value is -3.52. The minimum atomic E-state index is -0.248. The zero-order valence-corrected chi connectivity index (χ0v) is 17.8. The van der Waals surface area contributed by atoms with E-state index in [0.29, 0.717) is 41.7 Å². The Labute approximate surface area is 180 Å². The summed E-state index contributed by atoms with van der Waals surface area (Å²) in [5.41, 5.74) is 1.84. The van der Waals surface area contributed by atoms with Gasteiger partial charge in [0.1, 0.15) is 5.82 Å². The highest BCUT2D eigenvalue weighted by atomic mass is 16.5. The molecule has 1 aliphatic heterocycles. The molecule has 0 aliphatic carbocycles. The second-order valence-electron chi connectivity index (χ2n) is 7.01. The van der Waals surface area contributed by atoms with Crippen molar-refractivity contribution >= 4 is 28.3 Å². The maximum absolute atomic E-state index is 13.3. The van der Waals surface area contributed by atoms with Crippen LogP contribution < -0.4 is 24.4 Å². The number of benzene rings is 2. The highest BCUT2D eigenvalue weighted by Crippen LogP contribution is 2.40. The molecule has 0 atom stereocenters. The molecule has 162 valence electrons. The quantitative estimate of drug-likeness (QED) is 0.651. The van der Waals surface area contributed by atoms with E-state index in [0.717, 1.165) is 29.8 Å². The Balaban J connectivity index is 1.72. The number of para-hydroxylation sites is 1. The van der Waals surface area contributed by atoms with Gasteiger partial charge in [-0.1, -0.05) is 18.2 Å². The van der Waals surface area contributed by atoms with Crippen molar-refractivity contribution in [1.82, 2.24) is 4.98 Å². The predicted molar refractivity (Wildman–Crippen MR) is 119 cm³/mol. The summed E-state index contributed by atoms with van der Waals surface area (Å²) in [5.74, 6) is 1.91. The van der Waals surface area contributed by atoms with E-state index < -0.39 is 0 Å². The zero-order chi connectivity index (χ0) is 21.8. The maximum atomic E-state index is 13.3. The Bertz CT molecular complexity index is 1070. The summed E-state index contributed by atoms with van der Waals surface area (Å²) in [6, 6.07) is 12.9. The van der Waals surface area contributed by atoms with E-state index in [-0.39, 0.29) is 5.91 Å². The van der Waals surface area contributed by atoms with Crippen LogP contribution in [0.2, 0.25) is 0 Å². The van der Waals surface area contributed by atoms with Crippen molar-refractivity contribution in [2.75, 3.05) is 57.8 Å². The normalized spacial score (nSPS) is 13.7. The number of aromatic nitrogens is 1. The first-order valence-electron chi connectivity index (χ1n) is 9.98. The topological polar surface area (TPSA) is 82.2 Å². The van der Waals surface area contributed by atoms with Crippen LogP contribution >= 0.6 is 0 Å². The summed E-state index contributed by atoms with van der Waals surface area (Å²) in [6.45, 7) is 2.75. The number of carbonyl (C=O) groups is 1. The highest BCUT2D eigenvalue weighted by Gasteiger charge is 2.20. The third-order valence-electron chi connectivity index (χ3n) is 5.20. The molecule has 1 saturated heterocycles. The summed E-state index contributed by atoms with van der Waals surface area (Å²) in [6.07, 6.45) is 0. The minimum Gasteiger partial charge on any atom is -0.493 e. The first-order chi connectivity index (χ1) is 15.1. The third-order valence-corrected chi connectivity index (χ3v) is 5.20. The van der Waals surface area contributed by atoms with Crippen LogP contribution in [0, 0.1) is 0 Å². The van der Waals surface area contributed by atoms with E-state index in [4.69, 9.17) is 23.9 Å². The van der Waals surface area contributed by atoms with Crippen LogP contribution in [0.1, 0.15) is 10.4 Å². The van der Waals surface area contributed by atoms with Gasteiger partial charge in [-0.05, 0) is 12.1 Å². The van der Waals surface area contributed by atoms with Crippen molar-refractivity contribution in [1.29, 1.82) is 0 Å². The van der Waals surface area contributed by atoms with E-state index in [1.807, 2.05) is 30.3 Å². The lowest BCUT2D eigenvalue weighted by Gasteiger charge is -2.28. The van der Waals surface area contributed by atoms with Gasteiger partial charge in [-0.2, -0.15) is 0 Å². The SMILES string of the molecule is COc1cc(NC(=O)c2cc(N3CCOCC3)nc3ccccc23)cc(OC)c1OC. The van der Waals surface area contributed by atoms with Crippen molar-refractivity contribution in [2.24, 2.45) is 0 Å². The van der Waals surface area contributed by atoms with Crippen LogP contribution in [0.25, 0.3) is 10.9 Å². The number of ether oxygens (including phenoxy) is 4. The largest absolute Gasteiger partial charge is 0.493 e. The Morgan fingerprint density at radius 3 is 2.32 bits per heavy atom. The summed E-state index contributed by atoms with van der Waals surface area (Å²) in [4.78, 5) is 20.2. The number of methoxy groups -OCH3 is 3. The molecule has 0 bridgehead atoms. The fraction of sp³-hybridized carbons (Fsp3) is 0.304. The van der Waals surface area contributed by atoms with Crippen molar-refractivity contribution < 1.29 is 23.7 Å². The van der Waals surface area contributed by atoms with E-state index in [1.54, 1.807) is 12.1 Å². The molecule has 1 aliphatic rings. The number of rotatable bonds is 6. The Morgan fingerprint density at radius 2 is 1.68 bits per heavy atom. The average molecular weight is 423 g/mol. The number of amides is 1. The molecule has 8 heteroatoms. The molecular formula is C23H25N3O5. The van der Waals surface area contributed by atoms with Gasteiger partial charge in [0.15, 0.2) is 11.5 Å². The van der Waals surface area contributed by atoms with Crippen molar-refractivity contribution in [3.8, 4) is 17.2 Å². The van der Waals surface area contributed by atoms with Gasteiger partial charge in [-0.3, -0.25) is 4.79 Å². The number of nitrogens with one attached hydrogen (secondary N) is 1. The number of anilines is 2. The number of nitrogens with zero attached hydrogens (tertiary/aromatic N) is 2.